The molecule has 0 atom stereocenters. The molecule has 1 amide bonds. The van der Waals surface area contributed by atoms with Gasteiger partial charge < -0.3 is 15.3 Å². The summed E-state index contributed by atoms with van der Waals surface area (Å²) in [4.78, 5) is 31.2. The highest BCUT2D eigenvalue weighted by molar-refractivity contribution is 6.05. The summed E-state index contributed by atoms with van der Waals surface area (Å²) in [5.41, 5.74) is 3.46. The summed E-state index contributed by atoms with van der Waals surface area (Å²) in [6.07, 6.45) is 3.64. The number of fused-ring (bicyclic) bond motifs is 1. The van der Waals surface area contributed by atoms with Gasteiger partial charge in [-0.2, -0.15) is 0 Å². The van der Waals surface area contributed by atoms with E-state index in [0.29, 0.717) is 22.4 Å². The standard InChI is InChI=1S/C24H25N3O3/c1-16-5-7-17(8-6-16)13-23(28)25-18-9-10-21-19(14-18)20(24(29)30)15-22(26-21)27-11-3-2-4-12-27/h5-10,14-15H,2-4,11-13H2,1H3,(H,25,28)(H,29,30). The molecule has 0 radical (unpaired) electrons. The Balaban J connectivity index is 1.59. The zero-order valence-corrected chi connectivity index (χ0v) is 17.0. The predicted molar refractivity (Wildman–Crippen MR) is 118 cm³/mol. The first-order valence-electron chi connectivity index (χ1n) is 10.3. The largest absolute Gasteiger partial charge is 0.478 e. The summed E-state index contributed by atoms with van der Waals surface area (Å²) in [5, 5.41) is 13.2. The molecule has 1 fully saturated rings. The zero-order chi connectivity index (χ0) is 21.1. The van der Waals surface area contributed by atoms with Crippen molar-refractivity contribution in [3.05, 3.63) is 65.2 Å². The van der Waals surface area contributed by atoms with Crippen LogP contribution >= 0.6 is 0 Å². The van der Waals surface area contributed by atoms with Crippen LogP contribution in [-0.2, 0) is 11.2 Å². The molecule has 4 rings (SSSR count). The van der Waals surface area contributed by atoms with Gasteiger partial charge >= 0.3 is 5.97 Å². The first-order chi connectivity index (χ1) is 14.5. The smallest absolute Gasteiger partial charge is 0.336 e. The summed E-state index contributed by atoms with van der Waals surface area (Å²) >= 11 is 0. The molecule has 3 aromatic rings. The number of nitrogens with one attached hydrogen (secondary N) is 1. The van der Waals surface area contributed by atoms with Crippen LogP contribution in [0, 0.1) is 6.92 Å². The minimum atomic E-state index is -0.996. The Hall–Kier alpha value is -3.41. The lowest BCUT2D eigenvalue weighted by molar-refractivity contribution is -0.115. The highest BCUT2D eigenvalue weighted by Crippen LogP contribution is 2.27. The van der Waals surface area contributed by atoms with Gasteiger partial charge in [0, 0.05) is 24.2 Å². The molecule has 2 N–H and O–H groups in total. The van der Waals surface area contributed by atoms with Crippen molar-refractivity contribution in [2.45, 2.75) is 32.6 Å². The number of carbonyl (C=O) groups excluding carboxylic acids is 1. The zero-order valence-electron chi connectivity index (χ0n) is 17.0. The molecule has 0 spiro atoms. The molecule has 1 saturated heterocycles. The number of carboxylic acids is 1. The van der Waals surface area contributed by atoms with Crippen LogP contribution in [0.15, 0.2) is 48.5 Å². The average molecular weight is 403 g/mol. The molecule has 2 heterocycles. The van der Waals surface area contributed by atoms with Crippen molar-refractivity contribution >= 4 is 34.3 Å². The van der Waals surface area contributed by atoms with E-state index in [2.05, 4.69) is 15.2 Å². The van der Waals surface area contributed by atoms with Crippen LogP contribution in [0.1, 0.15) is 40.7 Å². The van der Waals surface area contributed by atoms with Gasteiger partial charge in [0.1, 0.15) is 5.82 Å². The number of hydrogen-bond donors (Lipinski definition) is 2. The lowest BCUT2D eigenvalue weighted by Gasteiger charge is -2.28. The molecule has 0 bridgehead atoms. The van der Waals surface area contributed by atoms with Crippen molar-refractivity contribution in [2.75, 3.05) is 23.3 Å². The predicted octanol–water partition coefficient (Wildman–Crippen LogP) is 4.41. The number of carboxylic acid groups (broad SMARTS) is 1. The van der Waals surface area contributed by atoms with E-state index in [9.17, 15) is 14.7 Å². The van der Waals surface area contributed by atoms with Crippen molar-refractivity contribution < 1.29 is 14.7 Å². The molecule has 6 nitrogen and oxygen atoms in total. The maximum Gasteiger partial charge on any atom is 0.336 e. The van der Waals surface area contributed by atoms with E-state index in [1.165, 1.54) is 6.42 Å². The first kappa shape index (κ1) is 19.9. The third-order valence-electron chi connectivity index (χ3n) is 5.47. The molecule has 0 aliphatic carbocycles. The van der Waals surface area contributed by atoms with Gasteiger partial charge in [-0.25, -0.2) is 9.78 Å². The molecular formula is C24H25N3O3. The van der Waals surface area contributed by atoms with Gasteiger partial charge in [0.05, 0.1) is 17.5 Å². The van der Waals surface area contributed by atoms with Crippen molar-refractivity contribution in [3.63, 3.8) is 0 Å². The number of hydrogen-bond acceptors (Lipinski definition) is 4. The fourth-order valence-electron chi connectivity index (χ4n) is 3.85. The van der Waals surface area contributed by atoms with Crippen molar-refractivity contribution in [1.82, 2.24) is 4.98 Å². The molecule has 30 heavy (non-hydrogen) atoms. The molecule has 6 heteroatoms. The normalized spacial score (nSPS) is 14.0. The number of aryl methyl sites for hydroxylation is 1. The van der Waals surface area contributed by atoms with Gasteiger partial charge in [0.25, 0.3) is 0 Å². The number of aromatic nitrogens is 1. The van der Waals surface area contributed by atoms with Crippen LogP contribution in [0.5, 0.6) is 0 Å². The maximum atomic E-state index is 12.4. The summed E-state index contributed by atoms with van der Waals surface area (Å²) in [7, 11) is 0. The number of aromatic carboxylic acids is 1. The fraction of sp³-hybridized carbons (Fsp3) is 0.292. The number of anilines is 2. The molecule has 1 aromatic heterocycles. The Bertz CT molecular complexity index is 1090. The first-order valence-corrected chi connectivity index (χ1v) is 10.3. The summed E-state index contributed by atoms with van der Waals surface area (Å²) in [6, 6.07) is 14.7. The van der Waals surface area contributed by atoms with E-state index >= 15 is 0 Å². The minimum Gasteiger partial charge on any atom is -0.478 e. The lowest BCUT2D eigenvalue weighted by atomic mass is 10.1. The van der Waals surface area contributed by atoms with Gasteiger partial charge in [-0.3, -0.25) is 4.79 Å². The van der Waals surface area contributed by atoms with E-state index in [4.69, 9.17) is 0 Å². The fourth-order valence-corrected chi connectivity index (χ4v) is 3.85. The van der Waals surface area contributed by atoms with Crippen LogP contribution in [0.4, 0.5) is 11.5 Å². The molecule has 0 unspecified atom stereocenters. The molecule has 0 saturated carbocycles. The van der Waals surface area contributed by atoms with Crippen molar-refractivity contribution in [2.24, 2.45) is 0 Å². The van der Waals surface area contributed by atoms with E-state index in [-0.39, 0.29) is 17.9 Å². The van der Waals surface area contributed by atoms with E-state index in [1.807, 2.05) is 31.2 Å². The van der Waals surface area contributed by atoms with E-state index < -0.39 is 5.97 Å². The number of piperidine rings is 1. The van der Waals surface area contributed by atoms with Crippen molar-refractivity contribution in [3.8, 4) is 0 Å². The van der Waals surface area contributed by atoms with Gasteiger partial charge in [-0.15, -0.1) is 0 Å². The second kappa shape index (κ2) is 8.53. The Labute approximate surface area is 175 Å². The molecule has 154 valence electrons. The SMILES string of the molecule is Cc1ccc(CC(=O)Nc2ccc3nc(N4CCCCC4)cc(C(=O)O)c3c2)cc1. The average Bonchev–Trinajstić information content (AvgIpc) is 2.75. The Morgan fingerprint density at radius 3 is 2.47 bits per heavy atom. The second-order valence-corrected chi connectivity index (χ2v) is 7.82. The van der Waals surface area contributed by atoms with E-state index in [1.54, 1.807) is 24.3 Å². The lowest BCUT2D eigenvalue weighted by Crippen LogP contribution is -2.30. The number of nitrogens with zero attached hydrogens (tertiary/aromatic N) is 2. The second-order valence-electron chi connectivity index (χ2n) is 7.82. The minimum absolute atomic E-state index is 0.145. The molecule has 1 aliphatic heterocycles. The van der Waals surface area contributed by atoms with Crippen molar-refractivity contribution in [1.29, 1.82) is 0 Å². The molecule has 2 aromatic carbocycles. The van der Waals surface area contributed by atoms with Gasteiger partial charge in [-0.1, -0.05) is 29.8 Å². The van der Waals surface area contributed by atoms with Crippen LogP contribution in [0.25, 0.3) is 10.9 Å². The monoisotopic (exact) mass is 403 g/mol. The van der Waals surface area contributed by atoms with Crippen LogP contribution in [0.2, 0.25) is 0 Å². The quantitative estimate of drug-likeness (QED) is 0.659. The van der Waals surface area contributed by atoms with Gasteiger partial charge in [0.15, 0.2) is 0 Å². The van der Waals surface area contributed by atoms with E-state index in [0.717, 1.165) is 37.1 Å². The van der Waals surface area contributed by atoms with Gasteiger partial charge in [-0.05, 0) is 56.0 Å². The highest BCUT2D eigenvalue weighted by atomic mass is 16.4. The summed E-state index contributed by atoms with van der Waals surface area (Å²) in [6.45, 7) is 3.79. The Morgan fingerprint density at radius 1 is 1.03 bits per heavy atom. The summed E-state index contributed by atoms with van der Waals surface area (Å²) in [5.74, 6) is -0.437. The summed E-state index contributed by atoms with van der Waals surface area (Å²) < 4.78 is 0. The third kappa shape index (κ3) is 4.43. The van der Waals surface area contributed by atoms with Crippen LogP contribution in [-0.4, -0.2) is 35.1 Å². The number of benzene rings is 2. The highest BCUT2D eigenvalue weighted by Gasteiger charge is 2.18. The number of pyridine rings is 1. The third-order valence-corrected chi connectivity index (χ3v) is 5.47. The van der Waals surface area contributed by atoms with Gasteiger partial charge in [0.2, 0.25) is 5.91 Å². The van der Waals surface area contributed by atoms with Crippen LogP contribution in [0.3, 0.4) is 0 Å². The molecular weight excluding hydrogens is 378 g/mol. The Morgan fingerprint density at radius 2 is 1.77 bits per heavy atom. The topological polar surface area (TPSA) is 82.5 Å². The maximum absolute atomic E-state index is 12.4. The Kier molecular flexibility index (Phi) is 5.65. The molecule has 1 aliphatic rings. The number of amides is 1. The van der Waals surface area contributed by atoms with Crippen LogP contribution < -0.4 is 10.2 Å². The number of carbonyl (C=O) groups is 2. The number of rotatable bonds is 5.